The summed E-state index contributed by atoms with van der Waals surface area (Å²) < 4.78 is 5.10. The van der Waals surface area contributed by atoms with Gasteiger partial charge in [-0.3, -0.25) is 0 Å². The molecule has 1 fully saturated rings. The number of ether oxygens (including phenoxy) is 1. The molecule has 1 aliphatic carbocycles. The van der Waals surface area contributed by atoms with E-state index >= 15 is 0 Å². The maximum absolute atomic E-state index is 9.19. The number of hydrogen-bond acceptors (Lipinski definition) is 3. The van der Waals surface area contributed by atoms with Crippen molar-refractivity contribution >= 4 is 0 Å². The highest BCUT2D eigenvalue weighted by Gasteiger charge is 2.41. The number of benzene rings is 1. The smallest absolute Gasteiger partial charge is 0.0713 e. The van der Waals surface area contributed by atoms with Gasteiger partial charge < -0.3 is 15.2 Å². The average molecular weight is 221 g/mol. The van der Waals surface area contributed by atoms with Crippen molar-refractivity contribution in [1.82, 2.24) is 5.32 Å². The van der Waals surface area contributed by atoms with Gasteiger partial charge in [0.1, 0.15) is 0 Å². The van der Waals surface area contributed by atoms with Crippen molar-refractivity contribution in [2.24, 2.45) is 0 Å². The minimum Gasteiger partial charge on any atom is -0.394 e. The van der Waals surface area contributed by atoms with E-state index in [9.17, 15) is 5.11 Å². The summed E-state index contributed by atoms with van der Waals surface area (Å²) in [6, 6.07) is 8.35. The van der Waals surface area contributed by atoms with Crippen LogP contribution in [-0.4, -0.2) is 24.4 Å². The highest BCUT2D eigenvalue weighted by Crippen LogP contribution is 2.34. The molecule has 16 heavy (non-hydrogen) atoms. The Morgan fingerprint density at radius 2 is 2.12 bits per heavy atom. The van der Waals surface area contributed by atoms with Gasteiger partial charge in [-0.15, -0.1) is 0 Å². The van der Waals surface area contributed by atoms with Crippen molar-refractivity contribution in [3.05, 3.63) is 35.4 Å². The summed E-state index contributed by atoms with van der Waals surface area (Å²) in [7, 11) is 1.70. The molecule has 3 heteroatoms. The van der Waals surface area contributed by atoms with Crippen LogP contribution in [0.1, 0.15) is 24.0 Å². The third-order valence-electron chi connectivity index (χ3n) is 3.13. The molecule has 0 aromatic heterocycles. The molecule has 1 aromatic rings. The van der Waals surface area contributed by atoms with Crippen LogP contribution in [-0.2, 0) is 17.9 Å². The summed E-state index contributed by atoms with van der Waals surface area (Å²) in [4.78, 5) is 0. The lowest BCUT2D eigenvalue weighted by Gasteiger charge is -2.14. The molecule has 1 saturated carbocycles. The quantitative estimate of drug-likeness (QED) is 0.764. The number of hydrogen-bond donors (Lipinski definition) is 2. The lowest BCUT2D eigenvalue weighted by atomic mass is 10.1. The third kappa shape index (κ3) is 2.82. The molecule has 2 N–H and O–H groups in total. The molecule has 0 saturated heterocycles. The largest absolute Gasteiger partial charge is 0.394 e. The van der Waals surface area contributed by atoms with Gasteiger partial charge in [-0.25, -0.2) is 0 Å². The zero-order valence-corrected chi connectivity index (χ0v) is 9.70. The zero-order valence-electron chi connectivity index (χ0n) is 9.70. The first-order valence-corrected chi connectivity index (χ1v) is 5.71. The second-order valence-electron chi connectivity index (χ2n) is 4.54. The Kier molecular flexibility index (Phi) is 3.59. The first-order chi connectivity index (χ1) is 7.78. The van der Waals surface area contributed by atoms with E-state index in [1.165, 1.54) is 11.1 Å². The van der Waals surface area contributed by atoms with Gasteiger partial charge >= 0.3 is 0 Å². The lowest BCUT2D eigenvalue weighted by molar-refractivity contribution is 0.185. The van der Waals surface area contributed by atoms with Crippen molar-refractivity contribution in [2.45, 2.75) is 31.5 Å². The van der Waals surface area contributed by atoms with E-state index < -0.39 is 0 Å². The van der Waals surface area contributed by atoms with Crippen LogP contribution in [0.25, 0.3) is 0 Å². The first kappa shape index (κ1) is 11.6. The van der Waals surface area contributed by atoms with Crippen molar-refractivity contribution in [2.75, 3.05) is 13.7 Å². The predicted molar refractivity (Wildman–Crippen MR) is 63.0 cm³/mol. The van der Waals surface area contributed by atoms with Crippen molar-refractivity contribution in [1.29, 1.82) is 0 Å². The van der Waals surface area contributed by atoms with Gasteiger partial charge in [-0.2, -0.15) is 0 Å². The molecule has 0 aliphatic heterocycles. The summed E-state index contributed by atoms with van der Waals surface area (Å²) in [5, 5.41) is 12.6. The van der Waals surface area contributed by atoms with Crippen LogP contribution in [0.3, 0.4) is 0 Å². The fourth-order valence-corrected chi connectivity index (χ4v) is 1.83. The molecule has 1 aromatic carbocycles. The zero-order chi connectivity index (χ0) is 11.4. The van der Waals surface area contributed by atoms with Crippen LogP contribution >= 0.6 is 0 Å². The SMILES string of the molecule is COCc1cccc(CNC2(CO)CC2)c1. The first-order valence-electron chi connectivity index (χ1n) is 5.71. The van der Waals surface area contributed by atoms with E-state index in [2.05, 4.69) is 23.5 Å². The topological polar surface area (TPSA) is 41.5 Å². The van der Waals surface area contributed by atoms with Crippen molar-refractivity contribution in [3.63, 3.8) is 0 Å². The van der Waals surface area contributed by atoms with Gasteiger partial charge in [0, 0.05) is 19.2 Å². The second-order valence-corrected chi connectivity index (χ2v) is 4.54. The fourth-order valence-electron chi connectivity index (χ4n) is 1.83. The number of aliphatic hydroxyl groups excluding tert-OH is 1. The Morgan fingerprint density at radius 1 is 1.38 bits per heavy atom. The molecule has 3 nitrogen and oxygen atoms in total. The van der Waals surface area contributed by atoms with E-state index in [0.717, 1.165) is 19.4 Å². The number of nitrogens with one attached hydrogen (secondary N) is 1. The molecule has 0 amide bonds. The van der Waals surface area contributed by atoms with Crippen LogP contribution in [0.2, 0.25) is 0 Å². The molecule has 0 heterocycles. The van der Waals surface area contributed by atoms with Gasteiger partial charge in [-0.1, -0.05) is 24.3 Å². The Bertz CT molecular complexity index is 348. The van der Waals surface area contributed by atoms with Gasteiger partial charge in [0.25, 0.3) is 0 Å². The van der Waals surface area contributed by atoms with Crippen LogP contribution in [0.15, 0.2) is 24.3 Å². The van der Waals surface area contributed by atoms with Crippen LogP contribution in [0.4, 0.5) is 0 Å². The lowest BCUT2D eigenvalue weighted by Crippen LogP contribution is -2.34. The standard InChI is InChI=1S/C13H19NO2/c1-16-9-12-4-2-3-11(7-12)8-14-13(10-15)5-6-13/h2-4,7,14-15H,5-6,8-10H2,1H3. The third-order valence-corrected chi connectivity index (χ3v) is 3.13. The monoisotopic (exact) mass is 221 g/mol. The Hall–Kier alpha value is -0.900. The summed E-state index contributed by atoms with van der Waals surface area (Å²) >= 11 is 0. The molecule has 0 bridgehead atoms. The minimum atomic E-state index is 0.0112. The van der Waals surface area contributed by atoms with E-state index in [4.69, 9.17) is 4.74 Å². The van der Waals surface area contributed by atoms with Gasteiger partial charge in [0.15, 0.2) is 0 Å². The summed E-state index contributed by atoms with van der Waals surface area (Å²) in [5.74, 6) is 0. The van der Waals surface area contributed by atoms with E-state index in [1.54, 1.807) is 7.11 Å². The molecule has 1 aliphatic rings. The summed E-state index contributed by atoms with van der Waals surface area (Å²) in [6.45, 7) is 1.71. The van der Waals surface area contributed by atoms with Crippen LogP contribution < -0.4 is 5.32 Å². The number of methoxy groups -OCH3 is 1. The second kappa shape index (κ2) is 4.95. The van der Waals surface area contributed by atoms with E-state index in [0.29, 0.717) is 6.61 Å². The molecule has 2 rings (SSSR count). The normalized spacial score (nSPS) is 17.4. The predicted octanol–water partition coefficient (Wildman–Crippen LogP) is 1.45. The van der Waals surface area contributed by atoms with Crippen molar-refractivity contribution < 1.29 is 9.84 Å². The van der Waals surface area contributed by atoms with E-state index in [1.807, 2.05) is 6.07 Å². The highest BCUT2D eigenvalue weighted by molar-refractivity contribution is 5.23. The molecule has 0 spiro atoms. The fraction of sp³-hybridized carbons (Fsp3) is 0.538. The van der Waals surface area contributed by atoms with Gasteiger partial charge in [-0.05, 0) is 24.0 Å². The number of rotatable bonds is 6. The molecule has 0 radical (unpaired) electrons. The number of aliphatic hydroxyl groups is 1. The van der Waals surface area contributed by atoms with E-state index in [-0.39, 0.29) is 12.1 Å². The minimum absolute atomic E-state index is 0.0112. The molecular formula is C13H19NO2. The van der Waals surface area contributed by atoms with Crippen LogP contribution in [0, 0.1) is 0 Å². The Morgan fingerprint density at radius 3 is 2.75 bits per heavy atom. The maximum atomic E-state index is 9.19. The average Bonchev–Trinajstić information content (AvgIpc) is 3.08. The highest BCUT2D eigenvalue weighted by atomic mass is 16.5. The van der Waals surface area contributed by atoms with Crippen molar-refractivity contribution in [3.8, 4) is 0 Å². The Labute approximate surface area is 96.4 Å². The summed E-state index contributed by atoms with van der Waals surface area (Å²) in [5.41, 5.74) is 2.45. The molecule has 0 atom stereocenters. The maximum Gasteiger partial charge on any atom is 0.0713 e. The Balaban J connectivity index is 1.91. The summed E-state index contributed by atoms with van der Waals surface area (Å²) in [6.07, 6.45) is 2.17. The molecule has 88 valence electrons. The molecule has 0 unspecified atom stereocenters. The van der Waals surface area contributed by atoms with Gasteiger partial charge in [0.2, 0.25) is 0 Å². The van der Waals surface area contributed by atoms with Gasteiger partial charge in [0.05, 0.1) is 13.2 Å². The molecular weight excluding hydrogens is 202 g/mol. The van der Waals surface area contributed by atoms with Crippen LogP contribution in [0.5, 0.6) is 0 Å².